The standard InChI is InChI=1S/C22H30N4O6S/c27-14-7-5-13(6-8-14)11-16(22(31)32)24-20(29)18-4-2-10-26(18)21(30)17(12-33)25-19(28)15-3-1-9-23-15/h5-8,15-18,23,27,33H,1-4,9-12H2,(H,24,29)(H,25,28)(H,31,32). The Bertz CT molecular complexity index is 874. The van der Waals surface area contributed by atoms with Crippen LogP contribution in [0.1, 0.15) is 31.2 Å². The third kappa shape index (κ3) is 6.38. The largest absolute Gasteiger partial charge is 0.508 e. The van der Waals surface area contributed by atoms with Gasteiger partial charge in [0.2, 0.25) is 17.7 Å². The number of thiol groups is 1. The molecule has 0 saturated carbocycles. The van der Waals surface area contributed by atoms with Crippen LogP contribution in [-0.4, -0.2) is 81.8 Å². The molecule has 2 aliphatic rings. The number of phenolic OH excluding ortho intramolecular Hbond substituents is 1. The van der Waals surface area contributed by atoms with E-state index in [4.69, 9.17) is 0 Å². The average Bonchev–Trinajstić information content (AvgIpc) is 3.50. The number of carboxylic acids is 1. The van der Waals surface area contributed by atoms with Crippen molar-refractivity contribution in [1.29, 1.82) is 0 Å². The van der Waals surface area contributed by atoms with Gasteiger partial charge >= 0.3 is 5.97 Å². The summed E-state index contributed by atoms with van der Waals surface area (Å²) in [5, 5.41) is 27.3. The lowest BCUT2D eigenvalue weighted by Crippen LogP contribution is -2.57. The van der Waals surface area contributed by atoms with Crippen LogP contribution in [0, 0.1) is 0 Å². The van der Waals surface area contributed by atoms with Gasteiger partial charge in [0.1, 0.15) is 23.9 Å². The van der Waals surface area contributed by atoms with E-state index in [1.807, 2.05) is 0 Å². The molecule has 11 heteroatoms. The third-order valence-electron chi connectivity index (χ3n) is 6.00. The topological polar surface area (TPSA) is 148 Å². The first kappa shape index (κ1) is 24.8. The summed E-state index contributed by atoms with van der Waals surface area (Å²) >= 11 is 4.21. The molecule has 3 rings (SSSR count). The number of aliphatic carboxylic acids is 1. The number of nitrogens with one attached hydrogen (secondary N) is 3. The summed E-state index contributed by atoms with van der Waals surface area (Å²) in [6.45, 7) is 1.09. The molecule has 33 heavy (non-hydrogen) atoms. The quantitative estimate of drug-likeness (QED) is 0.266. The second-order valence-corrected chi connectivity index (χ2v) is 8.72. The van der Waals surface area contributed by atoms with Gasteiger partial charge in [-0.25, -0.2) is 4.79 Å². The lowest BCUT2D eigenvalue weighted by atomic mass is 10.0. The number of carbonyl (C=O) groups excluding carboxylic acids is 3. The van der Waals surface area contributed by atoms with Crippen LogP contribution in [0.15, 0.2) is 24.3 Å². The highest BCUT2D eigenvalue weighted by Crippen LogP contribution is 2.20. The predicted octanol–water partition coefficient (Wildman–Crippen LogP) is -0.338. The molecule has 2 aliphatic heterocycles. The van der Waals surface area contributed by atoms with Gasteiger partial charge in [-0.1, -0.05) is 12.1 Å². The fraction of sp³-hybridized carbons (Fsp3) is 0.545. The zero-order valence-corrected chi connectivity index (χ0v) is 19.1. The predicted molar refractivity (Wildman–Crippen MR) is 123 cm³/mol. The Balaban J connectivity index is 1.63. The van der Waals surface area contributed by atoms with E-state index in [9.17, 15) is 29.4 Å². The Kier molecular flexibility index (Phi) is 8.56. The second kappa shape index (κ2) is 11.4. The molecule has 2 heterocycles. The number of benzene rings is 1. The zero-order valence-electron chi connectivity index (χ0n) is 18.2. The molecule has 2 fully saturated rings. The summed E-state index contributed by atoms with van der Waals surface area (Å²) in [6, 6.07) is 2.85. The number of phenols is 1. The zero-order chi connectivity index (χ0) is 24.0. The van der Waals surface area contributed by atoms with Crippen molar-refractivity contribution in [2.75, 3.05) is 18.8 Å². The summed E-state index contributed by atoms with van der Waals surface area (Å²) in [5.74, 6) is -2.27. The van der Waals surface area contributed by atoms with Gasteiger partial charge in [0.15, 0.2) is 0 Å². The first-order valence-electron chi connectivity index (χ1n) is 11.1. The number of hydrogen-bond donors (Lipinski definition) is 6. The maximum atomic E-state index is 13.1. The molecule has 5 N–H and O–H groups in total. The summed E-state index contributed by atoms with van der Waals surface area (Å²) in [6.07, 6.45) is 2.62. The third-order valence-corrected chi connectivity index (χ3v) is 6.37. The van der Waals surface area contributed by atoms with Crippen molar-refractivity contribution in [1.82, 2.24) is 20.9 Å². The fourth-order valence-electron chi connectivity index (χ4n) is 4.21. The molecular formula is C22H30N4O6S. The van der Waals surface area contributed by atoms with Crippen molar-refractivity contribution >= 4 is 36.3 Å². The first-order chi connectivity index (χ1) is 15.8. The first-order valence-corrected chi connectivity index (χ1v) is 11.7. The number of carboxylic acid groups (broad SMARTS) is 1. The highest BCUT2D eigenvalue weighted by Gasteiger charge is 2.39. The molecule has 0 bridgehead atoms. The number of carbonyl (C=O) groups is 4. The van der Waals surface area contributed by atoms with E-state index in [0.717, 1.165) is 13.0 Å². The number of nitrogens with zero attached hydrogens (tertiary/aromatic N) is 1. The minimum Gasteiger partial charge on any atom is -0.508 e. The van der Waals surface area contributed by atoms with Crippen molar-refractivity contribution in [2.45, 2.75) is 56.3 Å². The van der Waals surface area contributed by atoms with E-state index in [2.05, 4.69) is 28.6 Å². The summed E-state index contributed by atoms with van der Waals surface area (Å²) in [5.41, 5.74) is 0.637. The van der Waals surface area contributed by atoms with Gasteiger partial charge in [0.05, 0.1) is 6.04 Å². The molecule has 1 aromatic carbocycles. The molecule has 10 nitrogen and oxygen atoms in total. The van der Waals surface area contributed by atoms with Crippen LogP contribution in [-0.2, 0) is 25.6 Å². The molecule has 4 unspecified atom stereocenters. The number of hydrogen-bond acceptors (Lipinski definition) is 7. The Morgan fingerprint density at radius 2 is 1.76 bits per heavy atom. The van der Waals surface area contributed by atoms with Gasteiger partial charge < -0.3 is 31.1 Å². The van der Waals surface area contributed by atoms with Crippen LogP contribution in [0.25, 0.3) is 0 Å². The molecule has 3 amide bonds. The van der Waals surface area contributed by atoms with Crippen LogP contribution in [0.4, 0.5) is 0 Å². The monoisotopic (exact) mass is 478 g/mol. The summed E-state index contributed by atoms with van der Waals surface area (Å²) in [4.78, 5) is 51.6. The summed E-state index contributed by atoms with van der Waals surface area (Å²) < 4.78 is 0. The van der Waals surface area contributed by atoms with Crippen molar-refractivity contribution in [3.63, 3.8) is 0 Å². The van der Waals surface area contributed by atoms with Crippen LogP contribution < -0.4 is 16.0 Å². The molecule has 180 valence electrons. The van der Waals surface area contributed by atoms with Crippen molar-refractivity contribution in [2.24, 2.45) is 0 Å². The Labute approximate surface area is 197 Å². The van der Waals surface area contributed by atoms with E-state index in [1.54, 1.807) is 12.1 Å². The van der Waals surface area contributed by atoms with E-state index in [0.29, 0.717) is 31.4 Å². The van der Waals surface area contributed by atoms with Crippen LogP contribution >= 0.6 is 12.6 Å². The SMILES string of the molecule is O=C(O)C(Cc1ccc(O)cc1)NC(=O)C1CCCN1C(=O)C(CS)NC(=O)C1CCCN1. The lowest BCUT2D eigenvalue weighted by Gasteiger charge is -2.29. The summed E-state index contributed by atoms with van der Waals surface area (Å²) in [7, 11) is 0. The van der Waals surface area contributed by atoms with Gasteiger partial charge in [0, 0.05) is 18.7 Å². The Morgan fingerprint density at radius 1 is 1.06 bits per heavy atom. The molecular weight excluding hydrogens is 448 g/mol. The van der Waals surface area contributed by atoms with E-state index in [-0.39, 0.29) is 29.9 Å². The molecule has 4 atom stereocenters. The fourth-order valence-corrected chi connectivity index (χ4v) is 4.45. The lowest BCUT2D eigenvalue weighted by molar-refractivity contribution is -0.144. The Hall–Kier alpha value is -2.79. The normalized spacial score (nSPS) is 21.9. The van der Waals surface area contributed by atoms with Crippen LogP contribution in [0.2, 0.25) is 0 Å². The minimum absolute atomic E-state index is 0.0335. The molecule has 0 radical (unpaired) electrons. The van der Waals surface area contributed by atoms with Crippen molar-refractivity contribution in [3.05, 3.63) is 29.8 Å². The molecule has 2 saturated heterocycles. The maximum Gasteiger partial charge on any atom is 0.326 e. The molecule has 1 aromatic rings. The van der Waals surface area contributed by atoms with Gasteiger partial charge in [-0.3, -0.25) is 14.4 Å². The van der Waals surface area contributed by atoms with Gasteiger partial charge in [-0.2, -0.15) is 12.6 Å². The maximum absolute atomic E-state index is 13.1. The number of amides is 3. The highest BCUT2D eigenvalue weighted by molar-refractivity contribution is 7.80. The number of rotatable bonds is 9. The van der Waals surface area contributed by atoms with E-state index >= 15 is 0 Å². The molecule has 0 aromatic heterocycles. The molecule has 0 aliphatic carbocycles. The van der Waals surface area contributed by atoms with Crippen molar-refractivity contribution < 1.29 is 29.4 Å². The smallest absolute Gasteiger partial charge is 0.326 e. The highest BCUT2D eigenvalue weighted by atomic mass is 32.1. The van der Waals surface area contributed by atoms with Gasteiger partial charge in [-0.15, -0.1) is 0 Å². The van der Waals surface area contributed by atoms with Crippen LogP contribution in [0.3, 0.4) is 0 Å². The van der Waals surface area contributed by atoms with Crippen molar-refractivity contribution in [3.8, 4) is 5.75 Å². The van der Waals surface area contributed by atoms with Gasteiger partial charge in [-0.05, 0) is 49.9 Å². The minimum atomic E-state index is -1.20. The van der Waals surface area contributed by atoms with Gasteiger partial charge in [0.25, 0.3) is 0 Å². The Morgan fingerprint density at radius 3 is 2.36 bits per heavy atom. The second-order valence-electron chi connectivity index (χ2n) is 8.35. The molecule has 0 spiro atoms. The van der Waals surface area contributed by atoms with E-state index in [1.165, 1.54) is 17.0 Å². The number of aromatic hydroxyl groups is 1. The van der Waals surface area contributed by atoms with E-state index < -0.39 is 35.9 Å². The average molecular weight is 479 g/mol. The van der Waals surface area contributed by atoms with Crippen LogP contribution in [0.5, 0.6) is 5.75 Å². The number of likely N-dealkylation sites (tertiary alicyclic amines) is 1.